The van der Waals surface area contributed by atoms with Gasteiger partial charge in [0.25, 0.3) is 10.0 Å². The van der Waals surface area contributed by atoms with Crippen molar-refractivity contribution in [1.82, 2.24) is 5.32 Å². The number of rotatable bonds is 8. The van der Waals surface area contributed by atoms with Crippen molar-refractivity contribution in [2.75, 3.05) is 18.1 Å². The molecule has 2 aliphatic rings. The maximum absolute atomic E-state index is 13.6. The molecule has 1 atom stereocenters. The summed E-state index contributed by atoms with van der Waals surface area (Å²) in [6.07, 6.45) is 4.85. The molecule has 32 heavy (non-hydrogen) atoms. The molecule has 2 fully saturated rings. The minimum absolute atomic E-state index is 0.0427. The van der Waals surface area contributed by atoms with Crippen LogP contribution in [-0.2, 0) is 21.4 Å². The summed E-state index contributed by atoms with van der Waals surface area (Å²) in [7, 11) is -3.94. The second-order valence-electron chi connectivity index (χ2n) is 8.26. The minimum Gasteiger partial charge on any atom is -0.371 e. The third-order valence-corrected chi connectivity index (χ3v) is 7.67. The Labute approximate surface area is 193 Å². The van der Waals surface area contributed by atoms with E-state index in [-0.39, 0.29) is 29.0 Å². The van der Waals surface area contributed by atoms with Crippen LogP contribution in [0.3, 0.4) is 0 Å². The van der Waals surface area contributed by atoms with Crippen molar-refractivity contribution in [2.45, 2.75) is 55.6 Å². The number of aliphatic hydroxyl groups is 1. The molecule has 7 nitrogen and oxygen atoms in total. The van der Waals surface area contributed by atoms with Gasteiger partial charge < -0.3 is 15.2 Å². The van der Waals surface area contributed by atoms with Crippen LogP contribution in [0.25, 0.3) is 0 Å². The molecule has 0 amide bonds. The van der Waals surface area contributed by atoms with Crippen molar-refractivity contribution in [3.05, 3.63) is 57.6 Å². The molecule has 4 rings (SSSR count). The molecule has 2 aromatic carbocycles. The zero-order chi connectivity index (χ0) is 22.7. The van der Waals surface area contributed by atoms with Gasteiger partial charge in [0.05, 0.1) is 27.8 Å². The van der Waals surface area contributed by atoms with Crippen LogP contribution in [0.4, 0.5) is 5.69 Å². The molecule has 3 N–H and O–H groups in total. The van der Waals surface area contributed by atoms with E-state index in [1.807, 2.05) is 18.2 Å². The van der Waals surface area contributed by atoms with Gasteiger partial charge in [-0.05, 0) is 73.0 Å². The van der Waals surface area contributed by atoms with Gasteiger partial charge in [0.1, 0.15) is 12.9 Å². The number of benzene rings is 2. The number of halogens is 1. The van der Waals surface area contributed by atoms with Crippen molar-refractivity contribution in [3.8, 4) is 6.07 Å². The zero-order valence-corrected chi connectivity index (χ0v) is 19.2. The molecule has 1 saturated carbocycles. The Morgan fingerprint density at radius 1 is 1.19 bits per heavy atom. The first-order valence-corrected chi connectivity index (χ1v) is 12.6. The Morgan fingerprint density at radius 2 is 2.00 bits per heavy atom. The first kappa shape index (κ1) is 23.0. The van der Waals surface area contributed by atoms with Crippen molar-refractivity contribution in [1.29, 1.82) is 5.26 Å². The second kappa shape index (κ2) is 9.77. The average Bonchev–Trinajstić information content (AvgIpc) is 3.64. The van der Waals surface area contributed by atoms with Crippen LogP contribution >= 0.6 is 11.6 Å². The van der Waals surface area contributed by atoms with Crippen LogP contribution in [0, 0.1) is 11.3 Å². The van der Waals surface area contributed by atoms with Gasteiger partial charge in [-0.25, -0.2) is 8.42 Å². The summed E-state index contributed by atoms with van der Waals surface area (Å²) in [6, 6.07) is 10.5. The van der Waals surface area contributed by atoms with E-state index < -0.39 is 16.8 Å². The molecular formula is C23H26ClN3O4S. The molecule has 1 aliphatic heterocycles. The van der Waals surface area contributed by atoms with Gasteiger partial charge in [-0.1, -0.05) is 30.2 Å². The molecule has 2 aromatic rings. The fourth-order valence-electron chi connectivity index (χ4n) is 4.16. The normalized spacial score (nSPS) is 18.8. The predicted molar refractivity (Wildman–Crippen MR) is 122 cm³/mol. The maximum Gasteiger partial charge on any atom is 0.262 e. The third kappa shape index (κ3) is 5.08. The monoisotopic (exact) mass is 475 g/mol. The molecule has 9 heteroatoms. The van der Waals surface area contributed by atoms with E-state index in [1.54, 1.807) is 12.1 Å². The van der Waals surface area contributed by atoms with E-state index in [0.29, 0.717) is 16.3 Å². The highest BCUT2D eigenvalue weighted by Crippen LogP contribution is 2.44. The van der Waals surface area contributed by atoms with Crippen molar-refractivity contribution in [3.63, 3.8) is 0 Å². The van der Waals surface area contributed by atoms with Gasteiger partial charge in [0.15, 0.2) is 0 Å². The van der Waals surface area contributed by atoms with Crippen LogP contribution in [-0.4, -0.2) is 26.9 Å². The first-order valence-electron chi connectivity index (χ1n) is 10.7. The number of piperidine rings is 1. The molecule has 1 unspecified atom stereocenters. The standard InChI is InChI=1S/C23H26ClN3O4S/c24-20-11-19(21-3-1-2-8-26-21)22(10-17(20)12-25)27-32(29,30)23-9-15(13-31-14-28)4-7-18(23)16-5-6-16/h4,7,9-11,16,21,26-28H,1-3,5-6,8,13-14H2. The Morgan fingerprint density at radius 3 is 2.66 bits per heavy atom. The zero-order valence-electron chi connectivity index (χ0n) is 17.6. The van der Waals surface area contributed by atoms with Crippen LogP contribution in [0.15, 0.2) is 35.2 Å². The number of nitrogens with one attached hydrogen (secondary N) is 2. The van der Waals surface area contributed by atoms with E-state index >= 15 is 0 Å². The fourth-order valence-corrected chi connectivity index (χ4v) is 5.81. The molecule has 0 radical (unpaired) electrons. The lowest BCUT2D eigenvalue weighted by Crippen LogP contribution is -2.28. The van der Waals surface area contributed by atoms with Gasteiger partial charge in [0.2, 0.25) is 0 Å². The Hall–Kier alpha value is -2.15. The summed E-state index contributed by atoms with van der Waals surface area (Å²) in [5, 5.41) is 22.1. The summed E-state index contributed by atoms with van der Waals surface area (Å²) in [6.45, 7) is 0.512. The topological polar surface area (TPSA) is 111 Å². The number of sulfonamides is 1. The Balaban J connectivity index is 1.74. The number of hydrogen-bond acceptors (Lipinski definition) is 6. The van der Waals surface area contributed by atoms with Gasteiger partial charge in [0, 0.05) is 6.04 Å². The number of nitrogens with zero attached hydrogens (tertiary/aromatic N) is 1. The van der Waals surface area contributed by atoms with Gasteiger partial charge in [-0.2, -0.15) is 5.26 Å². The Kier molecular flexibility index (Phi) is 7.03. The third-order valence-electron chi connectivity index (χ3n) is 5.93. The summed E-state index contributed by atoms with van der Waals surface area (Å²) >= 11 is 6.29. The van der Waals surface area contributed by atoms with Crippen molar-refractivity contribution >= 4 is 27.3 Å². The predicted octanol–water partition coefficient (Wildman–Crippen LogP) is 4.17. The van der Waals surface area contributed by atoms with Gasteiger partial charge in [-0.15, -0.1) is 0 Å². The summed E-state index contributed by atoms with van der Waals surface area (Å²) in [5.41, 5.74) is 2.76. The highest BCUT2D eigenvalue weighted by molar-refractivity contribution is 7.92. The lowest BCUT2D eigenvalue weighted by molar-refractivity contribution is -0.0113. The van der Waals surface area contributed by atoms with Crippen molar-refractivity contribution < 1.29 is 18.3 Å². The highest BCUT2D eigenvalue weighted by Gasteiger charge is 2.31. The number of ether oxygens (including phenoxy) is 1. The van der Waals surface area contributed by atoms with Gasteiger partial charge in [-0.3, -0.25) is 4.72 Å². The molecule has 1 saturated heterocycles. The quantitative estimate of drug-likeness (QED) is 0.494. The molecule has 170 valence electrons. The molecule has 0 bridgehead atoms. The SMILES string of the molecule is N#Cc1cc(NS(=O)(=O)c2cc(COCO)ccc2C2CC2)c(C2CCCCN2)cc1Cl. The fraction of sp³-hybridized carbons (Fsp3) is 0.435. The largest absolute Gasteiger partial charge is 0.371 e. The lowest BCUT2D eigenvalue weighted by atomic mass is 9.95. The van der Waals surface area contributed by atoms with E-state index in [0.717, 1.165) is 49.8 Å². The second-order valence-corrected chi connectivity index (χ2v) is 10.3. The van der Waals surface area contributed by atoms with Crippen LogP contribution in [0.1, 0.15) is 66.3 Å². The first-order chi connectivity index (χ1) is 15.4. The van der Waals surface area contributed by atoms with E-state index in [9.17, 15) is 13.7 Å². The molecule has 0 spiro atoms. The highest BCUT2D eigenvalue weighted by atomic mass is 35.5. The van der Waals surface area contributed by atoms with E-state index in [4.69, 9.17) is 21.4 Å². The molecule has 0 aromatic heterocycles. The number of aliphatic hydroxyl groups excluding tert-OH is 1. The van der Waals surface area contributed by atoms with E-state index in [1.165, 1.54) is 6.07 Å². The minimum atomic E-state index is -3.94. The van der Waals surface area contributed by atoms with E-state index in [2.05, 4.69) is 10.0 Å². The number of hydrogen-bond donors (Lipinski definition) is 3. The molecule has 1 aliphatic carbocycles. The van der Waals surface area contributed by atoms with Crippen molar-refractivity contribution in [2.24, 2.45) is 0 Å². The lowest BCUT2D eigenvalue weighted by Gasteiger charge is -2.27. The average molecular weight is 476 g/mol. The summed E-state index contributed by atoms with van der Waals surface area (Å²) < 4.78 is 34.9. The summed E-state index contributed by atoms with van der Waals surface area (Å²) in [5.74, 6) is 0.216. The van der Waals surface area contributed by atoms with Crippen LogP contribution < -0.4 is 10.0 Å². The van der Waals surface area contributed by atoms with Gasteiger partial charge >= 0.3 is 0 Å². The smallest absolute Gasteiger partial charge is 0.262 e. The number of anilines is 1. The molecule has 1 heterocycles. The Bertz CT molecular complexity index is 1140. The van der Waals surface area contributed by atoms with Crippen LogP contribution in [0.5, 0.6) is 0 Å². The number of nitriles is 1. The maximum atomic E-state index is 13.6. The van der Waals surface area contributed by atoms with Crippen LogP contribution in [0.2, 0.25) is 5.02 Å². The molecular weight excluding hydrogens is 450 g/mol. The summed E-state index contributed by atoms with van der Waals surface area (Å²) in [4.78, 5) is 0.204.